The van der Waals surface area contributed by atoms with E-state index in [1.165, 1.54) is 0 Å². The molecule has 0 spiro atoms. The number of hydrogen-bond acceptors (Lipinski definition) is 2. The lowest BCUT2D eigenvalue weighted by Crippen LogP contribution is -2.48. The molecule has 6 heteroatoms. The first-order chi connectivity index (χ1) is 12.9. The Morgan fingerprint density at radius 1 is 1.04 bits per heavy atom. The van der Waals surface area contributed by atoms with Gasteiger partial charge in [0, 0.05) is 23.1 Å². The minimum Gasteiger partial charge on any atom is -0.354 e. The number of hydrogen-bond donors (Lipinski definition) is 1. The molecule has 0 unspecified atom stereocenters. The third-order valence-electron chi connectivity index (χ3n) is 4.30. The number of benzene rings is 2. The number of nitrogens with zero attached hydrogens (tertiary/aromatic N) is 1. The lowest BCUT2D eigenvalue weighted by atomic mass is 10.1. The van der Waals surface area contributed by atoms with Crippen molar-refractivity contribution in [2.45, 2.75) is 39.3 Å². The number of halogens is 2. The van der Waals surface area contributed by atoms with Crippen molar-refractivity contribution in [1.29, 1.82) is 0 Å². The molecular weight excluding hydrogens is 383 g/mol. The molecule has 0 heterocycles. The molecule has 1 N–H and O–H groups in total. The molecule has 2 amide bonds. The van der Waals surface area contributed by atoms with Crippen LogP contribution in [-0.2, 0) is 22.6 Å². The second-order valence-corrected chi connectivity index (χ2v) is 7.17. The van der Waals surface area contributed by atoms with Crippen LogP contribution in [0.15, 0.2) is 48.5 Å². The van der Waals surface area contributed by atoms with E-state index in [9.17, 15) is 9.59 Å². The minimum atomic E-state index is -0.606. The van der Waals surface area contributed by atoms with Gasteiger partial charge < -0.3 is 10.2 Å². The fraction of sp³-hybridized carbons (Fsp3) is 0.333. The fourth-order valence-corrected chi connectivity index (χ4v) is 3.24. The first-order valence-electron chi connectivity index (χ1n) is 8.98. The summed E-state index contributed by atoms with van der Waals surface area (Å²) in [6, 6.07) is 14.1. The highest BCUT2D eigenvalue weighted by Gasteiger charge is 2.26. The summed E-state index contributed by atoms with van der Waals surface area (Å²) in [6.45, 7) is 4.63. The van der Waals surface area contributed by atoms with E-state index < -0.39 is 6.04 Å². The molecular formula is C21H24Cl2N2O2. The van der Waals surface area contributed by atoms with Gasteiger partial charge in [-0.15, -0.1) is 0 Å². The molecule has 27 heavy (non-hydrogen) atoms. The van der Waals surface area contributed by atoms with E-state index in [4.69, 9.17) is 23.2 Å². The highest BCUT2D eigenvalue weighted by Crippen LogP contribution is 2.25. The Morgan fingerprint density at radius 2 is 1.67 bits per heavy atom. The number of amides is 2. The van der Waals surface area contributed by atoms with E-state index in [1.54, 1.807) is 30.0 Å². The maximum atomic E-state index is 13.1. The molecule has 0 aliphatic rings. The average molecular weight is 407 g/mol. The summed E-state index contributed by atoms with van der Waals surface area (Å²) in [5, 5.41) is 3.74. The highest BCUT2D eigenvalue weighted by molar-refractivity contribution is 6.36. The predicted octanol–water partition coefficient (Wildman–Crippen LogP) is 4.48. The van der Waals surface area contributed by atoms with Gasteiger partial charge in [-0.25, -0.2) is 0 Å². The first-order valence-corrected chi connectivity index (χ1v) is 9.73. The van der Waals surface area contributed by atoms with Gasteiger partial charge in [-0.05, 0) is 36.6 Å². The van der Waals surface area contributed by atoms with E-state index in [0.717, 1.165) is 12.0 Å². The Hall–Kier alpha value is -2.04. The molecule has 0 saturated heterocycles. The molecule has 2 rings (SSSR count). The molecule has 0 aliphatic heterocycles. The van der Waals surface area contributed by atoms with Gasteiger partial charge in [-0.1, -0.05) is 66.5 Å². The molecule has 4 nitrogen and oxygen atoms in total. The summed E-state index contributed by atoms with van der Waals surface area (Å²) in [5.74, 6) is -0.376. The van der Waals surface area contributed by atoms with E-state index in [2.05, 4.69) is 5.32 Å². The van der Waals surface area contributed by atoms with Crippen molar-refractivity contribution in [1.82, 2.24) is 10.2 Å². The quantitative estimate of drug-likeness (QED) is 0.702. The Balaban J connectivity index is 2.24. The van der Waals surface area contributed by atoms with Crippen LogP contribution >= 0.6 is 23.2 Å². The Bertz CT molecular complexity index is 761. The Labute approximate surface area is 170 Å². The van der Waals surface area contributed by atoms with Gasteiger partial charge in [0.15, 0.2) is 0 Å². The standard InChI is InChI=1S/C21H24Cl2N2O2/c1-3-12-24-21(27)15(2)25(14-16-8-5-4-6-9-16)20(26)13-17-18(22)10-7-11-19(17)23/h4-11,15H,3,12-14H2,1-2H3,(H,24,27)/t15-/m1/s1. The summed E-state index contributed by atoms with van der Waals surface area (Å²) in [7, 11) is 0. The van der Waals surface area contributed by atoms with Gasteiger partial charge in [-0.3, -0.25) is 9.59 Å². The zero-order valence-electron chi connectivity index (χ0n) is 15.5. The number of carbonyl (C=O) groups excluding carboxylic acids is 2. The maximum Gasteiger partial charge on any atom is 0.242 e. The zero-order valence-corrected chi connectivity index (χ0v) is 17.1. The van der Waals surface area contributed by atoms with Crippen molar-refractivity contribution in [2.75, 3.05) is 6.54 Å². The van der Waals surface area contributed by atoms with Gasteiger partial charge in [0.2, 0.25) is 11.8 Å². The molecule has 2 aromatic rings. The second kappa shape index (κ2) is 10.3. The summed E-state index contributed by atoms with van der Waals surface area (Å²) >= 11 is 12.4. The lowest BCUT2D eigenvalue weighted by Gasteiger charge is -2.29. The summed E-state index contributed by atoms with van der Waals surface area (Å²) in [5.41, 5.74) is 1.52. The minimum absolute atomic E-state index is 0.0384. The van der Waals surface area contributed by atoms with Crippen LogP contribution in [0.3, 0.4) is 0 Å². The van der Waals surface area contributed by atoms with Crippen molar-refractivity contribution < 1.29 is 9.59 Å². The molecule has 0 radical (unpaired) electrons. The van der Waals surface area contributed by atoms with Crippen LogP contribution in [0.2, 0.25) is 10.0 Å². The smallest absolute Gasteiger partial charge is 0.242 e. The molecule has 1 atom stereocenters. The topological polar surface area (TPSA) is 49.4 Å². The lowest BCUT2D eigenvalue weighted by molar-refractivity contribution is -0.140. The van der Waals surface area contributed by atoms with Gasteiger partial charge >= 0.3 is 0 Å². The predicted molar refractivity (Wildman–Crippen MR) is 110 cm³/mol. The van der Waals surface area contributed by atoms with Crippen molar-refractivity contribution in [3.8, 4) is 0 Å². The molecule has 0 aliphatic carbocycles. The molecule has 0 bridgehead atoms. The van der Waals surface area contributed by atoms with Gasteiger partial charge in [0.1, 0.15) is 6.04 Å². The highest BCUT2D eigenvalue weighted by atomic mass is 35.5. The van der Waals surface area contributed by atoms with Crippen LogP contribution in [0.1, 0.15) is 31.4 Å². The van der Waals surface area contributed by atoms with Crippen LogP contribution in [0, 0.1) is 0 Å². The maximum absolute atomic E-state index is 13.1. The summed E-state index contributed by atoms with van der Waals surface area (Å²) in [6.07, 6.45) is 0.872. The molecule has 2 aromatic carbocycles. The van der Waals surface area contributed by atoms with Crippen LogP contribution < -0.4 is 5.32 Å². The Kier molecular flexibility index (Phi) is 8.14. The molecule has 144 valence electrons. The van der Waals surface area contributed by atoms with Crippen molar-refractivity contribution in [2.24, 2.45) is 0 Å². The van der Waals surface area contributed by atoms with E-state index in [1.807, 2.05) is 37.3 Å². The molecule has 0 saturated carbocycles. The van der Waals surface area contributed by atoms with E-state index in [0.29, 0.717) is 28.7 Å². The third-order valence-corrected chi connectivity index (χ3v) is 5.01. The number of carbonyl (C=O) groups is 2. The van der Waals surface area contributed by atoms with Crippen molar-refractivity contribution in [3.05, 3.63) is 69.7 Å². The average Bonchev–Trinajstić information content (AvgIpc) is 2.67. The second-order valence-electron chi connectivity index (χ2n) is 6.35. The number of nitrogens with one attached hydrogen (secondary N) is 1. The van der Waals surface area contributed by atoms with Crippen LogP contribution in [0.5, 0.6) is 0 Å². The van der Waals surface area contributed by atoms with Gasteiger partial charge in [0.25, 0.3) is 0 Å². The SMILES string of the molecule is CCCNC(=O)[C@@H](C)N(Cc1ccccc1)C(=O)Cc1c(Cl)cccc1Cl. The summed E-state index contributed by atoms with van der Waals surface area (Å²) in [4.78, 5) is 27.1. The summed E-state index contributed by atoms with van der Waals surface area (Å²) < 4.78 is 0. The zero-order chi connectivity index (χ0) is 19.8. The van der Waals surface area contributed by atoms with Crippen LogP contribution in [0.4, 0.5) is 0 Å². The normalized spacial score (nSPS) is 11.7. The van der Waals surface area contributed by atoms with Crippen molar-refractivity contribution >= 4 is 35.0 Å². The van der Waals surface area contributed by atoms with E-state index in [-0.39, 0.29) is 18.2 Å². The first kappa shape index (κ1) is 21.3. The van der Waals surface area contributed by atoms with E-state index >= 15 is 0 Å². The van der Waals surface area contributed by atoms with Crippen LogP contribution in [-0.4, -0.2) is 29.3 Å². The number of rotatable bonds is 8. The van der Waals surface area contributed by atoms with Gasteiger partial charge in [0.05, 0.1) is 6.42 Å². The monoisotopic (exact) mass is 406 g/mol. The largest absolute Gasteiger partial charge is 0.354 e. The molecule has 0 aromatic heterocycles. The third kappa shape index (κ3) is 5.98. The van der Waals surface area contributed by atoms with Crippen molar-refractivity contribution in [3.63, 3.8) is 0 Å². The van der Waals surface area contributed by atoms with Gasteiger partial charge in [-0.2, -0.15) is 0 Å². The Morgan fingerprint density at radius 3 is 2.26 bits per heavy atom. The van der Waals surface area contributed by atoms with Crippen LogP contribution in [0.25, 0.3) is 0 Å². The molecule has 0 fully saturated rings. The fourth-order valence-electron chi connectivity index (χ4n) is 2.71.